The summed E-state index contributed by atoms with van der Waals surface area (Å²) >= 11 is 12.4. The van der Waals surface area contributed by atoms with Crippen LogP contribution < -0.4 is 4.74 Å². The van der Waals surface area contributed by atoms with Gasteiger partial charge in [0.15, 0.2) is 5.82 Å². The molecule has 8 nitrogen and oxygen atoms in total. The third kappa shape index (κ3) is 6.18. The summed E-state index contributed by atoms with van der Waals surface area (Å²) in [5.74, 6) is -0.923. The van der Waals surface area contributed by atoms with Crippen molar-refractivity contribution in [3.05, 3.63) is 98.8 Å². The molecule has 2 heterocycles. The molecule has 2 atom stereocenters. The number of rotatable bonds is 6. The molecule has 1 aliphatic heterocycles. The molecule has 1 saturated heterocycles. The third-order valence-corrected chi connectivity index (χ3v) is 8.16. The Bertz CT molecular complexity index is 1680. The highest BCUT2D eigenvalue weighted by molar-refractivity contribution is 6.42. The van der Waals surface area contributed by atoms with Crippen molar-refractivity contribution in [1.82, 2.24) is 19.9 Å². The molecular formula is C30H25Cl2F3N4O4. The van der Waals surface area contributed by atoms with Crippen molar-refractivity contribution >= 4 is 35.0 Å². The Morgan fingerprint density at radius 1 is 1.00 bits per heavy atom. The number of alkyl halides is 3. The molecule has 0 N–H and O–H groups in total. The van der Waals surface area contributed by atoms with Crippen LogP contribution in [0.1, 0.15) is 43.6 Å². The van der Waals surface area contributed by atoms with Crippen LogP contribution in [0.2, 0.25) is 10.0 Å². The number of aryl methyl sites for hydroxylation is 1. The van der Waals surface area contributed by atoms with Crippen LogP contribution in [0.4, 0.5) is 13.2 Å². The van der Waals surface area contributed by atoms with Gasteiger partial charge in [0.2, 0.25) is 0 Å². The lowest BCUT2D eigenvalue weighted by atomic mass is 9.93. The molecule has 0 aliphatic carbocycles. The fraction of sp³-hybridized carbons (Fsp3) is 0.267. The minimum absolute atomic E-state index is 0.124. The predicted octanol–water partition coefficient (Wildman–Crippen LogP) is 6.76. The molecule has 1 unspecified atom stereocenters. The quantitative estimate of drug-likeness (QED) is 0.233. The highest BCUT2D eigenvalue weighted by Gasteiger charge is 2.41. The maximum absolute atomic E-state index is 13.7. The maximum Gasteiger partial charge on any atom is 0.419 e. The molecule has 0 bridgehead atoms. The molecule has 1 aliphatic rings. The average Bonchev–Trinajstić information content (AvgIpc) is 3.64. The number of methoxy groups -OCH3 is 1. The average molecular weight is 633 g/mol. The van der Waals surface area contributed by atoms with Gasteiger partial charge in [0.25, 0.3) is 17.7 Å². The maximum atomic E-state index is 13.7. The lowest BCUT2D eigenvalue weighted by Gasteiger charge is -2.29. The summed E-state index contributed by atoms with van der Waals surface area (Å²) in [5, 5.41) is 4.41. The van der Waals surface area contributed by atoms with E-state index in [9.17, 15) is 22.8 Å². The Hall–Kier alpha value is -4.09. The fourth-order valence-electron chi connectivity index (χ4n) is 5.18. The molecular weight excluding hydrogens is 608 g/mol. The Morgan fingerprint density at radius 2 is 1.70 bits per heavy atom. The summed E-state index contributed by atoms with van der Waals surface area (Å²) in [5.41, 5.74) is 0.542. The van der Waals surface area contributed by atoms with Crippen LogP contribution in [-0.2, 0) is 6.18 Å². The minimum atomic E-state index is -4.72. The van der Waals surface area contributed by atoms with E-state index in [-0.39, 0.29) is 24.6 Å². The number of hydrogen-bond acceptors (Lipinski definition) is 6. The summed E-state index contributed by atoms with van der Waals surface area (Å²) in [6.45, 7) is 2.05. The zero-order valence-electron chi connectivity index (χ0n) is 23.2. The van der Waals surface area contributed by atoms with Crippen LogP contribution in [0.3, 0.4) is 0 Å². The molecule has 5 rings (SSSR count). The van der Waals surface area contributed by atoms with Gasteiger partial charge in [-0.1, -0.05) is 34.4 Å². The van der Waals surface area contributed by atoms with E-state index in [1.54, 1.807) is 54.3 Å². The number of likely N-dealkylation sites (tertiary alicyclic amines) is 1. The number of ether oxygens (including phenoxy) is 1. The molecule has 2 amide bonds. The van der Waals surface area contributed by atoms with Gasteiger partial charge in [-0.2, -0.15) is 18.2 Å². The molecule has 43 heavy (non-hydrogen) atoms. The lowest BCUT2D eigenvalue weighted by molar-refractivity contribution is -0.138. The number of nitrogens with zero attached hydrogens (tertiary/aromatic N) is 4. The molecule has 3 aromatic carbocycles. The van der Waals surface area contributed by atoms with Crippen molar-refractivity contribution in [2.24, 2.45) is 0 Å². The second kappa shape index (κ2) is 11.9. The van der Waals surface area contributed by atoms with Gasteiger partial charge in [-0.15, -0.1) is 0 Å². The van der Waals surface area contributed by atoms with E-state index in [0.717, 1.165) is 24.8 Å². The lowest BCUT2D eigenvalue weighted by Crippen LogP contribution is -2.42. The monoisotopic (exact) mass is 632 g/mol. The number of carbonyl (C=O) groups excluding carboxylic acids is 2. The van der Waals surface area contributed by atoms with E-state index < -0.39 is 35.4 Å². The molecule has 13 heteroatoms. The van der Waals surface area contributed by atoms with Crippen molar-refractivity contribution < 1.29 is 32.0 Å². The van der Waals surface area contributed by atoms with Crippen LogP contribution in [0, 0.1) is 6.92 Å². The minimum Gasteiger partial charge on any atom is -0.496 e. The van der Waals surface area contributed by atoms with Gasteiger partial charge in [-0.25, -0.2) is 0 Å². The standard InChI is InChI=1S/C30H25Cl2F3N4O4/c1-16-36-27(43-37-16)17-4-6-18(7-5-17)29(41)39-14-21(19-8-10-23(31)24(32)13-19)25(15-39)38(2)28(40)20-9-11-26(42-3)22(12-20)30(33,34)35/h4-13,21,25H,14-15H2,1-3H3/t21-,25?/m1/s1. The van der Waals surface area contributed by atoms with Crippen LogP contribution >= 0.6 is 23.2 Å². The van der Waals surface area contributed by atoms with Gasteiger partial charge >= 0.3 is 6.18 Å². The van der Waals surface area contributed by atoms with E-state index in [1.807, 2.05) is 0 Å². The zero-order valence-corrected chi connectivity index (χ0v) is 24.7. The van der Waals surface area contributed by atoms with Gasteiger partial charge in [0.1, 0.15) is 5.75 Å². The Balaban J connectivity index is 1.44. The first-order chi connectivity index (χ1) is 20.4. The Morgan fingerprint density at radius 3 is 2.30 bits per heavy atom. The van der Waals surface area contributed by atoms with E-state index in [1.165, 1.54) is 18.0 Å². The van der Waals surface area contributed by atoms with Crippen molar-refractivity contribution in [1.29, 1.82) is 0 Å². The largest absolute Gasteiger partial charge is 0.496 e. The highest BCUT2D eigenvalue weighted by atomic mass is 35.5. The van der Waals surface area contributed by atoms with Crippen molar-refractivity contribution in [3.63, 3.8) is 0 Å². The third-order valence-electron chi connectivity index (χ3n) is 7.42. The number of halogens is 5. The van der Waals surface area contributed by atoms with Gasteiger partial charge < -0.3 is 19.1 Å². The molecule has 0 radical (unpaired) electrons. The number of amides is 2. The Kier molecular flexibility index (Phi) is 8.40. The smallest absolute Gasteiger partial charge is 0.419 e. The number of carbonyl (C=O) groups is 2. The first kappa shape index (κ1) is 30.4. The predicted molar refractivity (Wildman–Crippen MR) is 153 cm³/mol. The van der Waals surface area contributed by atoms with Crippen molar-refractivity contribution in [2.75, 3.05) is 27.2 Å². The number of hydrogen-bond donors (Lipinski definition) is 0. The zero-order chi connectivity index (χ0) is 31.1. The van der Waals surface area contributed by atoms with Gasteiger partial charge in [0, 0.05) is 42.7 Å². The fourth-order valence-corrected chi connectivity index (χ4v) is 5.49. The summed E-state index contributed by atoms with van der Waals surface area (Å²) in [6, 6.07) is 14.3. The normalized spacial score (nSPS) is 16.8. The SMILES string of the molecule is COc1ccc(C(=O)N(C)C2CN(C(=O)c3ccc(-c4nc(C)no4)cc3)C[C@@H]2c2ccc(Cl)c(Cl)c2)cc1C(F)(F)F. The number of likely N-dealkylation sites (N-methyl/N-ethyl adjacent to an activating group) is 1. The molecule has 1 aromatic heterocycles. The summed E-state index contributed by atoms with van der Waals surface area (Å²) in [7, 11) is 2.63. The first-order valence-electron chi connectivity index (χ1n) is 13.0. The van der Waals surface area contributed by atoms with E-state index >= 15 is 0 Å². The highest BCUT2D eigenvalue weighted by Crippen LogP contribution is 2.38. The molecule has 4 aromatic rings. The number of aromatic nitrogens is 2. The van der Waals surface area contributed by atoms with Gasteiger partial charge in [0.05, 0.1) is 28.8 Å². The first-order valence-corrected chi connectivity index (χ1v) is 13.8. The van der Waals surface area contributed by atoms with E-state index in [4.69, 9.17) is 32.5 Å². The summed E-state index contributed by atoms with van der Waals surface area (Å²) < 4.78 is 51.1. The molecule has 0 saturated carbocycles. The Labute approximate surface area is 254 Å². The summed E-state index contributed by atoms with van der Waals surface area (Å²) in [6.07, 6.45) is -4.72. The van der Waals surface area contributed by atoms with Crippen LogP contribution in [0.15, 0.2) is 65.2 Å². The second-order valence-electron chi connectivity index (χ2n) is 10.1. The van der Waals surface area contributed by atoms with Gasteiger partial charge in [-0.3, -0.25) is 9.59 Å². The van der Waals surface area contributed by atoms with Crippen LogP contribution in [0.5, 0.6) is 5.75 Å². The topological polar surface area (TPSA) is 88.8 Å². The van der Waals surface area contributed by atoms with Crippen molar-refractivity contribution in [3.8, 4) is 17.2 Å². The molecule has 0 spiro atoms. The van der Waals surface area contributed by atoms with E-state index in [0.29, 0.717) is 32.9 Å². The second-order valence-corrected chi connectivity index (χ2v) is 10.9. The van der Waals surface area contributed by atoms with Gasteiger partial charge in [-0.05, 0) is 67.1 Å². The molecule has 1 fully saturated rings. The van der Waals surface area contributed by atoms with Crippen LogP contribution in [0.25, 0.3) is 11.5 Å². The molecule has 224 valence electrons. The number of benzene rings is 3. The van der Waals surface area contributed by atoms with Crippen LogP contribution in [-0.4, -0.2) is 65.0 Å². The van der Waals surface area contributed by atoms with Crippen molar-refractivity contribution in [2.45, 2.75) is 25.1 Å². The van der Waals surface area contributed by atoms with E-state index in [2.05, 4.69) is 10.1 Å². The summed E-state index contributed by atoms with van der Waals surface area (Å²) in [4.78, 5) is 34.3.